The van der Waals surface area contributed by atoms with E-state index in [2.05, 4.69) is 47.9 Å². The van der Waals surface area contributed by atoms with E-state index in [0.717, 1.165) is 0 Å². The van der Waals surface area contributed by atoms with Crippen molar-refractivity contribution >= 4 is 64.9 Å². The summed E-state index contributed by atoms with van der Waals surface area (Å²) in [5, 5.41) is 47.2. The molecule has 26 nitrogen and oxygen atoms in total. The van der Waals surface area contributed by atoms with Gasteiger partial charge in [0.05, 0.1) is 59.0 Å². The molecular formula is C28H48N12O14. The van der Waals surface area contributed by atoms with Gasteiger partial charge in [-0.3, -0.25) is 47.9 Å². The Hall–Kier alpha value is -5.83. The van der Waals surface area contributed by atoms with Crippen LogP contribution in [0.3, 0.4) is 0 Å². The number of rotatable bonds is 27. The van der Waals surface area contributed by atoms with Gasteiger partial charge in [0.2, 0.25) is 53.2 Å². The van der Waals surface area contributed by atoms with Crippen molar-refractivity contribution in [1.82, 2.24) is 47.9 Å². The molecule has 0 aromatic rings. The molecule has 304 valence electrons. The molecule has 1 unspecified atom stereocenters. The number of hydrogen-bond donors (Lipinski definition) is 15. The zero-order chi connectivity index (χ0) is 41.2. The predicted molar refractivity (Wildman–Crippen MR) is 181 cm³/mol. The lowest BCUT2D eigenvalue weighted by Gasteiger charge is -2.20. The van der Waals surface area contributed by atoms with Crippen LogP contribution in [0, 0.1) is 0 Å². The summed E-state index contributed by atoms with van der Waals surface area (Å²) in [5.41, 5.74) is 15.8. The van der Waals surface area contributed by atoms with Crippen molar-refractivity contribution in [3.05, 3.63) is 0 Å². The van der Waals surface area contributed by atoms with E-state index >= 15 is 0 Å². The number of amides is 9. The monoisotopic (exact) mass is 776 g/mol. The average molecular weight is 777 g/mol. The van der Waals surface area contributed by atoms with E-state index in [0.29, 0.717) is 19.4 Å². The highest BCUT2D eigenvalue weighted by Crippen LogP contribution is 2.01. The van der Waals surface area contributed by atoms with Crippen molar-refractivity contribution in [3.63, 3.8) is 0 Å². The highest BCUT2D eigenvalue weighted by molar-refractivity contribution is 6.06. The standard InChI is InChI=1S/C28H48N12O14/c29-4-2-1-3-14(28(53)54)40-26(51)16(13-42)39-23(49)11-34-19(45)7-32-18(44)6-33-20(46)8-36-25(50)15(12-41)38-22(48)10-35-21(47)9-37-27(52)24(31)17(43)5-30/h14-16,24,41-42H,1-13,29-31H2,(H,32,44)(H,33,46)(H,34,45)(H,35,47)(H,36,50)(H,37,52)(H,38,48)(H,39,49)(H,40,51)(H,53,54)/t14-,15-,16-,24?/m0/s1. The molecule has 0 aliphatic rings. The van der Waals surface area contributed by atoms with Crippen molar-refractivity contribution in [2.75, 3.05) is 65.6 Å². The second-order valence-electron chi connectivity index (χ2n) is 11.0. The molecule has 0 rings (SSSR count). The summed E-state index contributed by atoms with van der Waals surface area (Å²) >= 11 is 0. The second-order valence-corrected chi connectivity index (χ2v) is 11.0. The molecule has 0 heterocycles. The van der Waals surface area contributed by atoms with Gasteiger partial charge in [-0.15, -0.1) is 0 Å². The summed E-state index contributed by atoms with van der Waals surface area (Å²) in [6.07, 6.45) is 0.994. The first-order chi connectivity index (χ1) is 25.5. The number of nitrogens with two attached hydrogens (primary N) is 3. The third-order valence-electron chi connectivity index (χ3n) is 6.69. The molecule has 0 bridgehead atoms. The lowest BCUT2D eigenvalue weighted by Crippen LogP contribution is -2.54. The number of Topliss-reactive ketones (excluding diaryl/α,β-unsaturated/α-hetero) is 1. The van der Waals surface area contributed by atoms with Gasteiger partial charge in [0.1, 0.15) is 24.2 Å². The molecule has 26 heteroatoms. The van der Waals surface area contributed by atoms with Gasteiger partial charge in [-0.25, -0.2) is 4.79 Å². The SMILES string of the molecule is NCCCC[C@H](NC(=O)[C@H](CO)NC(=O)CNC(=O)CNC(=O)CNC(=O)CNC(=O)[C@H](CO)NC(=O)CNC(=O)CNC(=O)C(N)C(=O)CN)C(=O)O. The van der Waals surface area contributed by atoms with E-state index in [9.17, 15) is 68.1 Å². The van der Waals surface area contributed by atoms with Crippen LogP contribution in [0.4, 0.5) is 0 Å². The maximum atomic E-state index is 12.3. The number of hydrogen-bond acceptors (Lipinski definition) is 16. The van der Waals surface area contributed by atoms with Gasteiger partial charge in [0.15, 0.2) is 5.78 Å². The Labute approximate surface area is 307 Å². The fraction of sp³-hybridized carbons (Fsp3) is 0.607. The van der Waals surface area contributed by atoms with Crippen LogP contribution in [0.25, 0.3) is 0 Å². The molecule has 9 amide bonds. The van der Waals surface area contributed by atoms with E-state index in [1.165, 1.54) is 0 Å². The smallest absolute Gasteiger partial charge is 0.326 e. The third-order valence-corrected chi connectivity index (χ3v) is 6.69. The van der Waals surface area contributed by atoms with Gasteiger partial charge in [0.25, 0.3) is 0 Å². The van der Waals surface area contributed by atoms with Crippen LogP contribution in [-0.4, -0.2) is 170 Å². The quantitative estimate of drug-likeness (QED) is 0.0272. The molecule has 0 aliphatic heterocycles. The molecule has 0 saturated carbocycles. The lowest BCUT2D eigenvalue weighted by atomic mass is 10.1. The first kappa shape index (κ1) is 48.2. The summed E-state index contributed by atoms with van der Waals surface area (Å²) in [6, 6.07) is -5.95. The number of aliphatic carboxylic acids is 1. The highest BCUT2D eigenvalue weighted by atomic mass is 16.4. The molecule has 0 aromatic heterocycles. The van der Waals surface area contributed by atoms with Gasteiger partial charge < -0.3 is 80.4 Å². The number of unbranched alkanes of at least 4 members (excludes halogenated alkanes) is 1. The van der Waals surface area contributed by atoms with E-state index in [-0.39, 0.29) is 6.42 Å². The first-order valence-corrected chi connectivity index (χ1v) is 16.1. The number of aliphatic hydroxyl groups excluding tert-OH is 2. The van der Waals surface area contributed by atoms with E-state index in [4.69, 9.17) is 17.2 Å². The summed E-state index contributed by atoms with van der Waals surface area (Å²) in [5.74, 6) is -10.4. The molecule has 0 saturated heterocycles. The molecule has 18 N–H and O–H groups in total. The van der Waals surface area contributed by atoms with Crippen molar-refractivity contribution in [1.29, 1.82) is 0 Å². The summed E-state index contributed by atoms with van der Waals surface area (Å²) < 4.78 is 0. The second kappa shape index (κ2) is 26.9. The van der Waals surface area contributed by atoms with Gasteiger partial charge in [0, 0.05) is 0 Å². The Morgan fingerprint density at radius 2 is 0.870 bits per heavy atom. The number of carbonyl (C=O) groups excluding carboxylic acids is 10. The minimum absolute atomic E-state index is 0.0664. The zero-order valence-corrected chi connectivity index (χ0v) is 29.1. The van der Waals surface area contributed by atoms with Crippen molar-refractivity contribution in [3.8, 4) is 0 Å². The first-order valence-electron chi connectivity index (χ1n) is 16.1. The Bertz CT molecular complexity index is 1360. The average Bonchev–Trinajstić information content (AvgIpc) is 3.15. The van der Waals surface area contributed by atoms with Gasteiger partial charge >= 0.3 is 5.97 Å². The Morgan fingerprint density at radius 3 is 1.26 bits per heavy atom. The number of nitrogens with one attached hydrogen (secondary N) is 9. The van der Waals surface area contributed by atoms with Crippen LogP contribution in [0.2, 0.25) is 0 Å². The Balaban J connectivity index is 4.45. The molecule has 0 aromatic carbocycles. The number of aliphatic hydroxyl groups is 2. The van der Waals surface area contributed by atoms with Crippen LogP contribution in [0.5, 0.6) is 0 Å². The summed E-state index contributed by atoms with van der Waals surface area (Å²) in [6.45, 7) is -6.00. The Kier molecular flexibility index (Phi) is 24.0. The minimum Gasteiger partial charge on any atom is -0.480 e. The fourth-order valence-electron chi connectivity index (χ4n) is 3.71. The number of carboxylic acid groups (broad SMARTS) is 1. The number of carboxylic acids is 1. The maximum absolute atomic E-state index is 12.3. The normalized spacial score (nSPS) is 12.6. The summed E-state index contributed by atoms with van der Waals surface area (Å²) in [4.78, 5) is 131. The Morgan fingerprint density at radius 1 is 0.481 bits per heavy atom. The molecular weight excluding hydrogens is 728 g/mol. The molecule has 4 atom stereocenters. The molecule has 0 aliphatic carbocycles. The van der Waals surface area contributed by atoms with E-state index in [1.54, 1.807) is 0 Å². The number of ketones is 1. The topological polar surface area (TPSA) is 435 Å². The zero-order valence-electron chi connectivity index (χ0n) is 29.1. The van der Waals surface area contributed by atoms with Gasteiger partial charge in [-0.1, -0.05) is 0 Å². The molecule has 0 radical (unpaired) electrons. The molecule has 54 heavy (non-hydrogen) atoms. The maximum Gasteiger partial charge on any atom is 0.326 e. The minimum atomic E-state index is -1.58. The van der Waals surface area contributed by atoms with E-state index in [1.807, 2.05) is 0 Å². The van der Waals surface area contributed by atoms with E-state index < -0.39 is 148 Å². The number of carbonyl (C=O) groups is 11. The van der Waals surface area contributed by atoms with Gasteiger partial charge in [-0.2, -0.15) is 0 Å². The lowest BCUT2D eigenvalue weighted by molar-refractivity contribution is -0.142. The van der Waals surface area contributed by atoms with Gasteiger partial charge in [-0.05, 0) is 25.8 Å². The largest absolute Gasteiger partial charge is 0.480 e. The third kappa shape index (κ3) is 20.9. The molecule has 0 fully saturated rings. The van der Waals surface area contributed by atoms with Crippen molar-refractivity contribution < 1.29 is 68.1 Å². The van der Waals surface area contributed by atoms with Crippen LogP contribution in [0.1, 0.15) is 19.3 Å². The van der Waals surface area contributed by atoms with Crippen LogP contribution >= 0.6 is 0 Å². The van der Waals surface area contributed by atoms with Crippen LogP contribution in [0.15, 0.2) is 0 Å². The summed E-state index contributed by atoms with van der Waals surface area (Å²) in [7, 11) is 0. The van der Waals surface area contributed by atoms with Crippen molar-refractivity contribution in [2.45, 2.75) is 43.4 Å². The van der Waals surface area contributed by atoms with Crippen LogP contribution in [-0.2, 0) is 52.7 Å². The predicted octanol–water partition coefficient (Wildman–Crippen LogP) is -10.8. The fourth-order valence-corrected chi connectivity index (χ4v) is 3.71. The highest BCUT2D eigenvalue weighted by Gasteiger charge is 2.26. The molecule has 0 spiro atoms. The van der Waals surface area contributed by atoms with Crippen molar-refractivity contribution in [2.24, 2.45) is 17.2 Å². The van der Waals surface area contributed by atoms with Crippen LogP contribution < -0.4 is 65.1 Å².